The molecule has 0 aliphatic carbocycles. The fraction of sp³-hybridized carbons (Fsp3) is 0.333. The van der Waals surface area contributed by atoms with Crippen molar-refractivity contribution in [3.8, 4) is 0 Å². The summed E-state index contributed by atoms with van der Waals surface area (Å²) in [4.78, 5) is 22.4. The molecule has 1 aromatic rings. The maximum Gasteiger partial charge on any atom is 0.315 e. The number of nitrogens with one attached hydrogen (secondary N) is 1. The summed E-state index contributed by atoms with van der Waals surface area (Å²) in [6.45, 7) is 2.43. The second-order valence-electron chi connectivity index (χ2n) is 3.38. The van der Waals surface area contributed by atoms with Gasteiger partial charge in [-0.05, 0) is 47.2 Å². The van der Waals surface area contributed by atoms with Crippen molar-refractivity contribution >= 4 is 34.5 Å². The first kappa shape index (κ1) is 14.0. The molecule has 1 rings (SSSR count). The minimum absolute atomic E-state index is 0.224. The Bertz CT molecular complexity index is 389. The van der Waals surface area contributed by atoms with Gasteiger partial charge in [-0.3, -0.25) is 9.59 Å². The molecule has 0 atom stereocenters. The molecular weight excluding hydrogens is 333 g/mol. The number of benzene rings is 1. The van der Waals surface area contributed by atoms with E-state index >= 15 is 0 Å². The summed E-state index contributed by atoms with van der Waals surface area (Å²) in [7, 11) is 0. The third kappa shape index (κ3) is 5.67. The van der Waals surface area contributed by atoms with Crippen LogP contribution in [0.15, 0.2) is 24.3 Å². The van der Waals surface area contributed by atoms with Gasteiger partial charge in [0.15, 0.2) is 0 Å². The Hall–Kier alpha value is -1.11. The summed E-state index contributed by atoms with van der Waals surface area (Å²) in [6, 6.07) is 7.81. The smallest absolute Gasteiger partial charge is 0.315 e. The molecule has 0 aromatic heterocycles. The third-order valence-corrected chi connectivity index (χ3v) is 2.73. The fourth-order valence-corrected chi connectivity index (χ4v) is 1.57. The van der Waals surface area contributed by atoms with E-state index in [-0.39, 0.29) is 12.3 Å². The molecule has 0 heterocycles. The predicted molar refractivity (Wildman–Crippen MR) is 72.3 cm³/mol. The molecule has 4 nitrogen and oxygen atoms in total. The highest BCUT2D eigenvalue weighted by Crippen LogP contribution is 2.06. The molecule has 17 heavy (non-hydrogen) atoms. The molecule has 1 N–H and O–H groups in total. The lowest BCUT2D eigenvalue weighted by Gasteiger charge is -2.05. The molecule has 0 saturated carbocycles. The number of rotatable bonds is 5. The van der Waals surface area contributed by atoms with E-state index in [2.05, 4.69) is 32.6 Å². The molecule has 0 radical (unpaired) electrons. The van der Waals surface area contributed by atoms with Gasteiger partial charge in [-0.25, -0.2) is 0 Å². The van der Waals surface area contributed by atoms with Crippen molar-refractivity contribution in [1.82, 2.24) is 5.32 Å². The second kappa shape index (κ2) is 7.26. The highest BCUT2D eigenvalue weighted by atomic mass is 127. The number of carbonyl (C=O) groups is 2. The number of carbonyl (C=O) groups excluding carboxylic acids is 2. The van der Waals surface area contributed by atoms with Gasteiger partial charge in [0.2, 0.25) is 5.91 Å². The molecular formula is C12H14INO3. The third-order valence-electron chi connectivity index (χ3n) is 2.01. The van der Waals surface area contributed by atoms with Crippen LogP contribution in [0.2, 0.25) is 0 Å². The van der Waals surface area contributed by atoms with Gasteiger partial charge in [-0.1, -0.05) is 12.1 Å². The molecule has 0 bridgehead atoms. The maximum absolute atomic E-state index is 11.4. The van der Waals surface area contributed by atoms with Gasteiger partial charge in [-0.2, -0.15) is 0 Å². The Morgan fingerprint density at radius 3 is 2.53 bits per heavy atom. The zero-order valence-electron chi connectivity index (χ0n) is 9.53. The normalized spacial score (nSPS) is 9.76. The van der Waals surface area contributed by atoms with Crippen molar-refractivity contribution < 1.29 is 14.3 Å². The summed E-state index contributed by atoms with van der Waals surface area (Å²) >= 11 is 2.21. The van der Waals surface area contributed by atoms with E-state index in [0.717, 1.165) is 9.13 Å². The average Bonchev–Trinajstić information content (AvgIpc) is 2.28. The van der Waals surface area contributed by atoms with Crippen LogP contribution >= 0.6 is 22.6 Å². The van der Waals surface area contributed by atoms with Crippen LogP contribution in [-0.4, -0.2) is 18.5 Å². The first-order valence-corrected chi connectivity index (χ1v) is 6.36. The van der Waals surface area contributed by atoms with Crippen LogP contribution in [0, 0.1) is 3.57 Å². The van der Waals surface area contributed by atoms with Crippen LogP contribution in [0.3, 0.4) is 0 Å². The summed E-state index contributed by atoms with van der Waals surface area (Å²) in [6.07, 6.45) is -0.224. The van der Waals surface area contributed by atoms with Gasteiger partial charge in [0.05, 0.1) is 6.61 Å². The number of amides is 1. The minimum atomic E-state index is -0.493. The quantitative estimate of drug-likeness (QED) is 0.503. The number of esters is 1. The Morgan fingerprint density at radius 2 is 1.94 bits per heavy atom. The standard InChI is InChI=1S/C12H14INO3/c1-2-17-12(16)7-11(15)14-8-9-3-5-10(13)6-4-9/h3-6H,2,7-8H2,1H3,(H,14,15). The number of hydrogen-bond acceptors (Lipinski definition) is 3. The molecule has 1 amide bonds. The molecule has 0 fully saturated rings. The van der Waals surface area contributed by atoms with E-state index in [1.54, 1.807) is 6.92 Å². The second-order valence-corrected chi connectivity index (χ2v) is 4.63. The Balaban J connectivity index is 2.33. The molecule has 5 heteroatoms. The Morgan fingerprint density at radius 1 is 1.29 bits per heavy atom. The van der Waals surface area contributed by atoms with Crippen LogP contribution in [-0.2, 0) is 20.9 Å². The summed E-state index contributed by atoms with van der Waals surface area (Å²) < 4.78 is 5.82. The average molecular weight is 347 g/mol. The highest BCUT2D eigenvalue weighted by Gasteiger charge is 2.09. The number of halogens is 1. The van der Waals surface area contributed by atoms with E-state index < -0.39 is 5.97 Å². The summed E-state index contributed by atoms with van der Waals surface area (Å²) in [5, 5.41) is 2.67. The summed E-state index contributed by atoms with van der Waals surface area (Å²) in [5.74, 6) is -0.811. The zero-order valence-corrected chi connectivity index (χ0v) is 11.7. The first-order valence-electron chi connectivity index (χ1n) is 5.28. The maximum atomic E-state index is 11.4. The Kier molecular flexibility index (Phi) is 5.96. The van der Waals surface area contributed by atoms with Crippen molar-refractivity contribution in [1.29, 1.82) is 0 Å². The van der Waals surface area contributed by atoms with Crippen molar-refractivity contribution in [2.75, 3.05) is 6.61 Å². The first-order chi connectivity index (χ1) is 8.11. The molecule has 0 aliphatic rings. The number of hydrogen-bond donors (Lipinski definition) is 1. The van der Waals surface area contributed by atoms with Gasteiger partial charge < -0.3 is 10.1 Å². The van der Waals surface area contributed by atoms with Crippen LogP contribution in [0.1, 0.15) is 18.9 Å². The van der Waals surface area contributed by atoms with E-state index in [9.17, 15) is 9.59 Å². The molecule has 0 saturated heterocycles. The minimum Gasteiger partial charge on any atom is -0.466 e. The van der Waals surface area contributed by atoms with Crippen LogP contribution < -0.4 is 5.32 Å². The summed E-state index contributed by atoms with van der Waals surface area (Å²) in [5.41, 5.74) is 1.00. The van der Waals surface area contributed by atoms with Crippen molar-refractivity contribution in [3.63, 3.8) is 0 Å². The van der Waals surface area contributed by atoms with Gasteiger partial charge in [0.1, 0.15) is 6.42 Å². The van der Waals surface area contributed by atoms with Crippen molar-refractivity contribution in [2.45, 2.75) is 19.9 Å². The van der Waals surface area contributed by atoms with Gasteiger partial charge >= 0.3 is 5.97 Å². The van der Waals surface area contributed by atoms with Crippen molar-refractivity contribution in [2.24, 2.45) is 0 Å². The van der Waals surface area contributed by atoms with Crippen LogP contribution in [0.25, 0.3) is 0 Å². The van der Waals surface area contributed by atoms with Gasteiger partial charge in [0.25, 0.3) is 0 Å². The van der Waals surface area contributed by atoms with E-state index in [1.807, 2.05) is 24.3 Å². The van der Waals surface area contributed by atoms with Crippen molar-refractivity contribution in [3.05, 3.63) is 33.4 Å². The predicted octanol–water partition coefficient (Wildman–Crippen LogP) is 1.86. The zero-order chi connectivity index (χ0) is 12.7. The molecule has 0 spiro atoms. The SMILES string of the molecule is CCOC(=O)CC(=O)NCc1ccc(I)cc1. The lowest BCUT2D eigenvalue weighted by molar-refractivity contribution is -0.146. The lowest BCUT2D eigenvalue weighted by Crippen LogP contribution is -2.26. The van der Waals surface area contributed by atoms with Crippen LogP contribution in [0.5, 0.6) is 0 Å². The van der Waals surface area contributed by atoms with E-state index in [4.69, 9.17) is 0 Å². The topological polar surface area (TPSA) is 55.4 Å². The monoisotopic (exact) mass is 347 g/mol. The fourth-order valence-electron chi connectivity index (χ4n) is 1.21. The van der Waals surface area contributed by atoms with E-state index in [1.165, 1.54) is 0 Å². The van der Waals surface area contributed by atoms with E-state index in [0.29, 0.717) is 13.2 Å². The number of ether oxygens (including phenoxy) is 1. The molecule has 92 valence electrons. The molecule has 0 aliphatic heterocycles. The molecule has 1 aromatic carbocycles. The largest absolute Gasteiger partial charge is 0.466 e. The van der Waals surface area contributed by atoms with Crippen LogP contribution in [0.4, 0.5) is 0 Å². The lowest BCUT2D eigenvalue weighted by atomic mass is 10.2. The highest BCUT2D eigenvalue weighted by molar-refractivity contribution is 14.1. The molecule has 0 unspecified atom stereocenters. The van der Waals surface area contributed by atoms with Gasteiger partial charge in [-0.15, -0.1) is 0 Å². The Labute approximate surface area is 114 Å². The van der Waals surface area contributed by atoms with Gasteiger partial charge in [0, 0.05) is 10.1 Å².